The lowest BCUT2D eigenvalue weighted by Crippen LogP contribution is -2.16. The maximum absolute atomic E-state index is 11.5. The summed E-state index contributed by atoms with van der Waals surface area (Å²) in [5, 5.41) is 16.9. The number of ether oxygens (including phenoxy) is 1. The molecule has 0 radical (unpaired) electrons. The number of fused-ring (bicyclic) bond motifs is 1. The van der Waals surface area contributed by atoms with Crippen molar-refractivity contribution in [2.24, 2.45) is 5.92 Å². The van der Waals surface area contributed by atoms with Gasteiger partial charge in [0.15, 0.2) is 0 Å². The molecule has 0 saturated heterocycles. The zero-order valence-corrected chi connectivity index (χ0v) is 26.3. The van der Waals surface area contributed by atoms with Crippen LogP contribution in [0, 0.1) is 12.8 Å². The summed E-state index contributed by atoms with van der Waals surface area (Å²) in [6.45, 7) is 7.33. The first kappa shape index (κ1) is 30.0. The molecule has 0 aliphatic heterocycles. The highest BCUT2D eigenvalue weighted by molar-refractivity contribution is 7.10. The number of halogens is 1. The molecule has 1 unspecified atom stereocenters. The molecule has 0 saturated carbocycles. The Kier molecular flexibility index (Phi) is 9.16. The summed E-state index contributed by atoms with van der Waals surface area (Å²) in [5.41, 5.74) is 6.27. The Labute approximate surface area is 256 Å². The summed E-state index contributed by atoms with van der Waals surface area (Å²) in [5.74, 6) is 1.12. The largest absolute Gasteiger partial charge is 0.493 e. The third-order valence-electron chi connectivity index (χ3n) is 7.59. The molecule has 4 aromatic rings. The standard InChI is InChI=1S/C33H37ClN4O3S/c1-6-41-29-16-28-26(15-25(29)21-10-12-22(13-11-21)33(39)40)32(37-20(3)36-28)35-19(2)30-14-24(18-42-30)31-23(17-38(4)5)8-7-9-27(31)34/h7-10,14-16,18-19,22H,6,11-13,17H2,1-5H3,(H,39,40)(H,35,36,37)/t19-,22?/m1/s1. The van der Waals surface area contributed by atoms with E-state index < -0.39 is 5.97 Å². The van der Waals surface area contributed by atoms with Gasteiger partial charge in [-0.1, -0.05) is 29.8 Å². The second-order valence-corrected chi connectivity index (χ2v) is 12.4. The molecule has 9 heteroatoms. The number of aliphatic carboxylic acids is 1. The zero-order chi connectivity index (χ0) is 30.0. The van der Waals surface area contributed by atoms with Crippen molar-refractivity contribution in [3.63, 3.8) is 0 Å². The van der Waals surface area contributed by atoms with E-state index in [1.54, 1.807) is 11.3 Å². The smallest absolute Gasteiger partial charge is 0.306 e. The Morgan fingerprint density at radius 2 is 2.07 bits per heavy atom. The van der Waals surface area contributed by atoms with E-state index in [2.05, 4.69) is 54.8 Å². The minimum absolute atomic E-state index is 0.0127. The molecule has 220 valence electrons. The fourth-order valence-corrected chi connectivity index (χ4v) is 6.77. The van der Waals surface area contributed by atoms with E-state index in [4.69, 9.17) is 26.3 Å². The number of carboxylic acid groups (broad SMARTS) is 1. The Balaban J connectivity index is 1.49. The lowest BCUT2D eigenvalue weighted by atomic mass is 9.86. The second-order valence-electron chi connectivity index (χ2n) is 11.1. The number of aryl methyl sites for hydroxylation is 1. The lowest BCUT2D eigenvalue weighted by Gasteiger charge is -2.22. The third kappa shape index (κ3) is 6.46. The Morgan fingerprint density at radius 1 is 1.26 bits per heavy atom. The Bertz CT molecular complexity index is 1650. The molecular weight excluding hydrogens is 568 g/mol. The molecule has 0 fully saturated rings. The molecular formula is C33H37ClN4O3S. The minimum atomic E-state index is -0.738. The van der Waals surface area contributed by atoms with Crippen LogP contribution >= 0.6 is 22.9 Å². The van der Waals surface area contributed by atoms with Crippen LogP contribution in [-0.2, 0) is 11.3 Å². The minimum Gasteiger partial charge on any atom is -0.493 e. The van der Waals surface area contributed by atoms with E-state index in [1.807, 2.05) is 38.1 Å². The molecule has 7 nitrogen and oxygen atoms in total. The van der Waals surface area contributed by atoms with Crippen LogP contribution in [0.2, 0.25) is 5.02 Å². The highest BCUT2D eigenvalue weighted by Crippen LogP contribution is 2.40. The Hall–Kier alpha value is -3.46. The van der Waals surface area contributed by atoms with Gasteiger partial charge in [-0.05, 0) is 94.4 Å². The topological polar surface area (TPSA) is 87.6 Å². The molecule has 1 aliphatic rings. The summed E-state index contributed by atoms with van der Waals surface area (Å²) in [6, 6.07) is 12.4. The summed E-state index contributed by atoms with van der Waals surface area (Å²) in [4.78, 5) is 24.4. The van der Waals surface area contributed by atoms with E-state index in [0.717, 1.165) is 56.3 Å². The third-order valence-corrected chi connectivity index (χ3v) is 9.02. The van der Waals surface area contributed by atoms with Crippen molar-refractivity contribution in [2.45, 2.75) is 52.6 Å². The van der Waals surface area contributed by atoms with Gasteiger partial charge >= 0.3 is 5.97 Å². The van der Waals surface area contributed by atoms with E-state index >= 15 is 0 Å². The van der Waals surface area contributed by atoms with Crippen LogP contribution in [0.25, 0.3) is 27.6 Å². The number of aromatic nitrogens is 2. The van der Waals surface area contributed by atoms with Crippen molar-refractivity contribution < 1.29 is 14.6 Å². The second kappa shape index (κ2) is 12.8. The number of hydrogen-bond donors (Lipinski definition) is 2. The van der Waals surface area contributed by atoms with Gasteiger partial charge in [0, 0.05) is 39.0 Å². The molecule has 2 atom stereocenters. The van der Waals surface area contributed by atoms with Gasteiger partial charge < -0.3 is 20.1 Å². The molecule has 2 heterocycles. The first-order valence-electron chi connectivity index (χ1n) is 14.3. The number of allylic oxidation sites excluding steroid dienone is 2. The summed E-state index contributed by atoms with van der Waals surface area (Å²) in [6.07, 6.45) is 3.86. The number of benzene rings is 2. The number of carboxylic acids is 1. The molecule has 2 N–H and O–H groups in total. The molecule has 0 bridgehead atoms. The summed E-state index contributed by atoms with van der Waals surface area (Å²) < 4.78 is 6.04. The predicted octanol–water partition coefficient (Wildman–Crippen LogP) is 8.22. The average molecular weight is 605 g/mol. The van der Waals surface area contributed by atoms with Gasteiger partial charge in [-0.25, -0.2) is 9.97 Å². The number of carbonyl (C=O) groups is 1. The van der Waals surface area contributed by atoms with Gasteiger partial charge in [-0.15, -0.1) is 11.3 Å². The van der Waals surface area contributed by atoms with Crippen LogP contribution < -0.4 is 10.1 Å². The molecule has 2 aromatic carbocycles. The molecule has 0 amide bonds. The maximum Gasteiger partial charge on any atom is 0.306 e. The monoisotopic (exact) mass is 604 g/mol. The van der Waals surface area contributed by atoms with Gasteiger partial charge in [-0.2, -0.15) is 0 Å². The first-order valence-corrected chi connectivity index (χ1v) is 15.5. The summed E-state index contributed by atoms with van der Waals surface area (Å²) in [7, 11) is 4.12. The number of rotatable bonds is 10. The number of hydrogen-bond acceptors (Lipinski definition) is 7. The van der Waals surface area contributed by atoms with Gasteiger partial charge in [-0.3, -0.25) is 4.79 Å². The van der Waals surface area contributed by atoms with Crippen LogP contribution in [0.4, 0.5) is 5.82 Å². The number of anilines is 1. The van der Waals surface area contributed by atoms with Crippen molar-refractivity contribution in [3.8, 4) is 16.9 Å². The Morgan fingerprint density at radius 3 is 2.76 bits per heavy atom. The first-order chi connectivity index (χ1) is 20.1. The van der Waals surface area contributed by atoms with Crippen molar-refractivity contribution in [2.75, 3.05) is 26.0 Å². The fourth-order valence-electron chi connectivity index (χ4n) is 5.56. The van der Waals surface area contributed by atoms with E-state index in [9.17, 15) is 9.90 Å². The number of thiophene rings is 1. The van der Waals surface area contributed by atoms with Crippen LogP contribution in [0.15, 0.2) is 47.9 Å². The van der Waals surface area contributed by atoms with Crippen LogP contribution in [-0.4, -0.2) is 46.6 Å². The molecule has 0 spiro atoms. The number of nitrogens with zero attached hydrogens (tertiary/aromatic N) is 3. The molecule has 1 aliphatic carbocycles. The van der Waals surface area contributed by atoms with E-state index in [0.29, 0.717) is 31.7 Å². The van der Waals surface area contributed by atoms with Gasteiger partial charge in [0.05, 0.1) is 24.1 Å². The SMILES string of the molecule is CCOc1cc2nc(C)nc(N[C@H](C)c3cc(-c4c(Cl)cccc4CN(C)C)cs3)c2cc1C1=CCC(C(=O)O)CC1. The van der Waals surface area contributed by atoms with Crippen molar-refractivity contribution >= 4 is 51.2 Å². The van der Waals surface area contributed by atoms with Crippen molar-refractivity contribution in [1.29, 1.82) is 0 Å². The summed E-state index contributed by atoms with van der Waals surface area (Å²) >= 11 is 8.40. The molecule has 42 heavy (non-hydrogen) atoms. The van der Waals surface area contributed by atoms with Crippen LogP contribution in [0.1, 0.15) is 61.0 Å². The van der Waals surface area contributed by atoms with E-state index in [-0.39, 0.29) is 12.0 Å². The molecule has 2 aromatic heterocycles. The highest BCUT2D eigenvalue weighted by Gasteiger charge is 2.24. The van der Waals surface area contributed by atoms with Gasteiger partial charge in [0.25, 0.3) is 0 Å². The van der Waals surface area contributed by atoms with Gasteiger partial charge in [0.1, 0.15) is 17.4 Å². The fraction of sp³-hybridized carbons (Fsp3) is 0.364. The quantitative estimate of drug-likeness (QED) is 0.188. The highest BCUT2D eigenvalue weighted by atomic mass is 35.5. The van der Waals surface area contributed by atoms with Gasteiger partial charge in [0.2, 0.25) is 0 Å². The van der Waals surface area contributed by atoms with Crippen molar-refractivity contribution in [1.82, 2.24) is 14.9 Å². The predicted molar refractivity (Wildman–Crippen MR) is 173 cm³/mol. The van der Waals surface area contributed by atoms with Crippen LogP contribution in [0.3, 0.4) is 0 Å². The number of nitrogens with one attached hydrogen (secondary N) is 1. The normalized spacial score (nSPS) is 16.0. The van der Waals surface area contributed by atoms with Crippen molar-refractivity contribution in [3.05, 3.63) is 74.7 Å². The zero-order valence-electron chi connectivity index (χ0n) is 24.7. The van der Waals surface area contributed by atoms with E-state index in [1.165, 1.54) is 10.4 Å². The molecule has 5 rings (SSSR count). The van der Waals surface area contributed by atoms with Crippen LogP contribution in [0.5, 0.6) is 5.75 Å². The average Bonchev–Trinajstić information content (AvgIpc) is 3.43. The lowest BCUT2D eigenvalue weighted by molar-refractivity contribution is -0.141. The maximum atomic E-state index is 11.5.